The Morgan fingerprint density at radius 3 is 2.57 bits per heavy atom. The Morgan fingerprint density at radius 1 is 1.14 bits per heavy atom. The van der Waals surface area contributed by atoms with Crippen molar-refractivity contribution < 1.29 is 14.6 Å². The van der Waals surface area contributed by atoms with Crippen LogP contribution in [0, 0.1) is 0 Å². The number of aliphatic hydroxyl groups is 1. The molecule has 0 unspecified atom stereocenters. The van der Waals surface area contributed by atoms with Gasteiger partial charge in [-0.3, -0.25) is 4.79 Å². The lowest BCUT2D eigenvalue weighted by atomic mass is 9.88. The predicted octanol–water partition coefficient (Wildman–Crippen LogP) is 2.33. The third kappa shape index (κ3) is 2.62. The van der Waals surface area contributed by atoms with E-state index in [1.165, 1.54) is 0 Å². The Bertz CT molecular complexity index is 651. The van der Waals surface area contributed by atoms with Gasteiger partial charge in [-0.1, -0.05) is 30.3 Å². The summed E-state index contributed by atoms with van der Waals surface area (Å²) in [6, 6.07) is 15.1. The number of rotatable bonds is 2. The van der Waals surface area contributed by atoms with Crippen LogP contribution in [-0.2, 0) is 11.2 Å². The van der Waals surface area contributed by atoms with Gasteiger partial charge in [0.05, 0.1) is 7.11 Å². The van der Waals surface area contributed by atoms with Crippen LogP contribution in [0.1, 0.15) is 17.0 Å². The topological polar surface area (TPSA) is 58.6 Å². The number of hydrogen-bond donors (Lipinski definition) is 2. The minimum atomic E-state index is -1.06. The maximum atomic E-state index is 12.1. The zero-order chi connectivity index (χ0) is 14.8. The minimum Gasteiger partial charge on any atom is -0.497 e. The third-order valence-electron chi connectivity index (χ3n) is 3.91. The van der Waals surface area contributed by atoms with Crippen molar-refractivity contribution in [2.45, 2.75) is 18.4 Å². The third-order valence-corrected chi connectivity index (χ3v) is 3.91. The number of benzene rings is 2. The highest BCUT2D eigenvalue weighted by Gasteiger charge is 2.31. The van der Waals surface area contributed by atoms with Crippen LogP contribution >= 0.6 is 0 Å². The average molecular weight is 283 g/mol. The molecule has 4 nitrogen and oxygen atoms in total. The molecule has 1 amide bonds. The number of anilines is 1. The second kappa shape index (κ2) is 5.58. The summed E-state index contributed by atoms with van der Waals surface area (Å²) in [5.41, 5.74) is 2.73. The molecule has 108 valence electrons. The number of aliphatic hydroxyl groups excluding tert-OH is 1. The lowest BCUT2D eigenvalue weighted by molar-refractivity contribution is -0.124. The van der Waals surface area contributed by atoms with Gasteiger partial charge in [-0.15, -0.1) is 0 Å². The van der Waals surface area contributed by atoms with E-state index in [0.717, 1.165) is 22.6 Å². The highest BCUT2D eigenvalue weighted by Crippen LogP contribution is 2.32. The fourth-order valence-corrected chi connectivity index (χ4v) is 2.71. The molecule has 4 heteroatoms. The van der Waals surface area contributed by atoms with Crippen molar-refractivity contribution in [2.75, 3.05) is 12.4 Å². The summed E-state index contributed by atoms with van der Waals surface area (Å²) in [7, 11) is 1.61. The molecule has 0 aliphatic carbocycles. The van der Waals surface area contributed by atoms with Gasteiger partial charge < -0.3 is 15.2 Å². The van der Waals surface area contributed by atoms with Crippen molar-refractivity contribution in [3.8, 4) is 5.75 Å². The van der Waals surface area contributed by atoms with Crippen molar-refractivity contribution >= 4 is 11.6 Å². The molecule has 0 bridgehead atoms. The monoisotopic (exact) mass is 283 g/mol. The first-order valence-electron chi connectivity index (χ1n) is 6.90. The van der Waals surface area contributed by atoms with Gasteiger partial charge in [0.15, 0.2) is 0 Å². The summed E-state index contributed by atoms with van der Waals surface area (Å²) in [6.07, 6.45) is -0.451. The molecule has 0 spiro atoms. The summed E-state index contributed by atoms with van der Waals surface area (Å²) < 4.78 is 5.14. The Labute approximate surface area is 123 Å². The van der Waals surface area contributed by atoms with Crippen LogP contribution in [0.2, 0.25) is 0 Å². The zero-order valence-corrected chi connectivity index (χ0v) is 11.7. The van der Waals surface area contributed by atoms with Crippen LogP contribution in [0.4, 0.5) is 5.69 Å². The SMILES string of the molecule is COc1ccc([C@@H]2Cc3ccccc3NC(=O)[C@@H]2O)cc1. The quantitative estimate of drug-likeness (QED) is 0.889. The summed E-state index contributed by atoms with van der Waals surface area (Å²) in [5.74, 6) is 0.132. The number of para-hydroxylation sites is 1. The van der Waals surface area contributed by atoms with Gasteiger partial charge >= 0.3 is 0 Å². The number of carbonyl (C=O) groups is 1. The first-order chi connectivity index (χ1) is 10.2. The molecule has 2 atom stereocenters. The number of ether oxygens (including phenoxy) is 1. The molecule has 0 saturated carbocycles. The van der Waals surface area contributed by atoms with Crippen molar-refractivity contribution in [1.82, 2.24) is 0 Å². The summed E-state index contributed by atoms with van der Waals surface area (Å²) >= 11 is 0. The number of methoxy groups -OCH3 is 1. The molecule has 3 rings (SSSR count). The Balaban J connectivity index is 1.98. The second-order valence-corrected chi connectivity index (χ2v) is 5.18. The van der Waals surface area contributed by atoms with Crippen LogP contribution in [-0.4, -0.2) is 24.2 Å². The molecule has 1 aliphatic rings. The summed E-state index contributed by atoms with van der Waals surface area (Å²) in [6.45, 7) is 0. The maximum Gasteiger partial charge on any atom is 0.253 e. The molecular weight excluding hydrogens is 266 g/mol. The van der Waals surface area contributed by atoms with E-state index in [1.807, 2.05) is 48.5 Å². The molecule has 2 aromatic rings. The van der Waals surface area contributed by atoms with Crippen LogP contribution in [0.15, 0.2) is 48.5 Å². The zero-order valence-electron chi connectivity index (χ0n) is 11.7. The molecule has 21 heavy (non-hydrogen) atoms. The van der Waals surface area contributed by atoms with Gasteiger partial charge in [-0.2, -0.15) is 0 Å². The first-order valence-corrected chi connectivity index (χ1v) is 6.90. The lowest BCUT2D eigenvalue weighted by Gasteiger charge is -2.19. The summed E-state index contributed by atoms with van der Waals surface area (Å²) in [5, 5.41) is 13.1. The predicted molar refractivity (Wildman–Crippen MR) is 80.5 cm³/mol. The molecule has 0 fully saturated rings. The molecule has 0 radical (unpaired) electrons. The van der Waals surface area contributed by atoms with Gasteiger partial charge in [0.1, 0.15) is 11.9 Å². The van der Waals surface area contributed by atoms with E-state index in [2.05, 4.69) is 5.32 Å². The van der Waals surface area contributed by atoms with Gasteiger partial charge in [-0.25, -0.2) is 0 Å². The van der Waals surface area contributed by atoms with E-state index < -0.39 is 6.10 Å². The largest absolute Gasteiger partial charge is 0.497 e. The molecule has 1 aliphatic heterocycles. The van der Waals surface area contributed by atoms with Gasteiger partial charge in [0, 0.05) is 11.6 Å². The van der Waals surface area contributed by atoms with Crippen LogP contribution in [0.25, 0.3) is 0 Å². The molecule has 2 N–H and O–H groups in total. The number of nitrogens with one attached hydrogen (secondary N) is 1. The van der Waals surface area contributed by atoms with Crippen molar-refractivity contribution in [2.24, 2.45) is 0 Å². The van der Waals surface area contributed by atoms with Crippen LogP contribution < -0.4 is 10.1 Å². The number of fused-ring (bicyclic) bond motifs is 1. The number of amides is 1. The maximum absolute atomic E-state index is 12.1. The summed E-state index contributed by atoms with van der Waals surface area (Å²) in [4.78, 5) is 12.1. The second-order valence-electron chi connectivity index (χ2n) is 5.18. The van der Waals surface area contributed by atoms with Gasteiger partial charge in [-0.05, 0) is 35.7 Å². The van der Waals surface area contributed by atoms with Crippen molar-refractivity contribution in [3.05, 3.63) is 59.7 Å². The smallest absolute Gasteiger partial charge is 0.253 e. The minimum absolute atomic E-state index is 0.264. The number of carbonyl (C=O) groups excluding carboxylic acids is 1. The van der Waals surface area contributed by atoms with Crippen molar-refractivity contribution in [1.29, 1.82) is 0 Å². The van der Waals surface area contributed by atoms with Crippen LogP contribution in [0.3, 0.4) is 0 Å². The molecule has 2 aromatic carbocycles. The van der Waals surface area contributed by atoms with E-state index in [4.69, 9.17) is 4.74 Å². The van der Waals surface area contributed by atoms with E-state index in [1.54, 1.807) is 7.11 Å². The van der Waals surface area contributed by atoms with E-state index in [-0.39, 0.29) is 11.8 Å². The fraction of sp³-hybridized carbons (Fsp3) is 0.235. The fourth-order valence-electron chi connectivity index (χ4n) is 2.71. The molecule has 0 saturated heterocycles. The van der Waals surface area contributed by atoms with Gasteiger partial charge in [0.2, 0.25) is 0 Å². The number of hydrogen-bond acceptors (Lipinski definition) is 3. The van der Waals surface area contributed by atoms with E-state index in [9.17, 15) is 9.90 Å². The first kappa shape index (κ1) is 13.6. The molecule has 1 heterocycles. The Hall–Kier alpha value is -2.33. The highest BCUT2D eigenvalue weighted by atomic mass is 16.5. The normalized spacial score (nSPS) is 21.1. The van der Waals surface area contributed by atoms with Crippen LogP contribution in [0.5, 0.6) is 5.75 Å². The van der Waals surface area contributed by atoms with E-state index >= 15 is 0 Å². The highest BCUT2D eigenvalue weighted by molar-refractivity contribution is 5.96. The average Bonchev–Trinajstić information content (AvgIpc) is 2.65. The standard InChI is InChI=1S/C17H17NO3/c1-21-13-8-6-11(7-9-13)14-10-12-4-2-3-5-15(12)18-17(20)16(14)19/h2-9,14,16,19H,10H2,1H3,(H,18,20)/t14-,16+/m0/s1. The Morgan fingerprint density at radius 2 is 1.86 bits per heavy atom. The Kier molecular flexibility index (Phi) is 3.62. The molecule has 0 aromatic heterocycles. The van der Waals surface area contributed by atoms with Crippen molar-refractivity contribution in [3.63, 3.8) is 0 Å². The van der Waals surface area contributed by atoms with E-state index in [0.29, 0.717) is 6.42 Å². The molecular formula is C17H17NO3. The van der Waals surface area contributed by atoms with Gasteiger partial charge in [0.25, 0.3) is 5.91 Å². The lowest BCUT2D eigenvalue weighted by Crippen LogP contribution is -2.31.